The number of hydrogen-bond donors (Lipinski definition) is 1. The number of benzene rings is 1. The summed E-state index contributed by atoms with van der Waals surface area (Å²) < 4.78 is 1.75. The van der Waals surface area contributed by atoms with Crippen LogP contribution >= 0.6 is 11.6 Å². The van der Waals surface area contributed by atoms with Crippen LogP contribution in [0, 0.1) is 5.92 Å². The van der Waals surface area contributed by atoms with Crippen molar-refractivity contribution >= 4 is 29.1 Å². The molecular formula is C24H31ClN4O3. The number of aromatic nitrogens is 1. The molecule has 2 heterocycles. The summed E-state index contributed by atoms with van der Waals surface area (Å²) in [6.45, 7) is 10.6. The molecular weight excluding hydrogens is 428 g/mol. The highest BCUT2D eigenvalue weighted by molar-refractivity contribution is 6.30. The van der Waals surface area contributed by atoms with Crippen molar-refractivity contribution in [1.29, 1.82) is 0 Å². The third kappa shape index (κ3) is 5.51. The smallest absolute Gasteiger partial charge is 0.259 e. The van der Waals surface area contributed by atoms with Gasteiger partial charge in [0, 0.05) is 61.9 Å². The Balaban J connectivity index is 1.80. The van der Waals surface area contributed by atoms with E-state index in [-0.39, 0.29) is 29.0 Å². The summed E-state index contributed by atoms with van der Waals surface area (Å²) in [6, 6.07) is 7.61. The summed E-state index contributed by atoms with van der Waals surface area (Å²) in [4.78, 5) is 42.9. The maximum atomic E-state index is 13.3. The highest BCUT2D eigenvalue weighted by Gasteiger charge is 2.27. The van der Waals surface area contributed by atoms with Crippen LogP contribution in [0.4, 0.5) is 5.69 Å². The minimum Gasteiger partial charge on any atom is -0.368 e. The third-order valence-electron chi connectivity index (χ3n) is 5.55. The number of pyridine rings is 1. The fourth-order valence-corrected chi connectivity index (χ4v) is 3.72. The monoisotopic (exact) mass is 458 g/mol. The summed E-state index contributed by atoms with van der Waals surface area (Å²) >= 11 is 5.97. The van der Waals surface area contributed by atoms with Gasteiger partial charge in [0.2, 0.25) is 5.43 Å². The molecule has 0 radical (unpaired) electrons. The normalized spacial score (nSPS) is 14.2. The summed E-state index contributed by atoms with van der Waals surface area (Å²) in [7, 11) is 0. The first-order valence-electron chi connectivity index (χ1n) is 11.0. The number of amides is 2. The molecule has 1 aliphatic heterocycles. The van der Waals surface area contributed by atoms with Crippen LogP contribution in [-0.2, 0) is 0 Å². The Morgan fingerprint density at radius 2 is 1.56 bits per heavy atom. The zero-order valence-electron chi connectivity index (χ0n) is 19.1. The molecule has 1 fully saturated rings. The first-order valence-corrected chi connectivity index (χ1v) is 11.4. The Bertz CT molecular complexity index is 1020. The van der Waals surface area contributed by atoms with Gasteiger partial charge in [-0.15, -0.1) is 0 Å². The molecule has 2 amide bonds. The molecule has 0 bridgehead atoms. The van der Waals surface area contributed by atoms with E-state index in [1.807, 2.05) is 52.0 Å². The summed E-state index contributed by atoms with van der Waals surface area (Å²) in [5, 5.41) is 3.47. The molecule has 0 saturated carbocycles. The molecule has 0 aliphatic carbocycles. The molecule has 32 heavy (non-hydrogen) atoms. The molecule has 172 valence electrons. The molecule has 0 atom stereocenters. The predicted molar refractivity (Wildman–Crippen MR) is 128 cm³/mol. The van der Waals surface area contributed by atoms with Crippen LogP contribution in [0.3, 0.4) is 0 Å². The second-order valence-electron chi connectivity index (χ2n) is 8.82. The van der Waals surface area contributed by atoms with Gasteiger partial charge in [0.25, 0.3) is 11.8 Å². The molecule has 3 rings (SSSR count). The highest BCUT2D eigenvalue weighted by Crippen LogP contribution is 2.20. The van der Waals surface area contributed by atoms with E-state index in [1.54, 1.807) is 15.7 Å². The second-order valence-corrected chi connectivity index (χ2v) is 9.25. The Kier molecular flexibility index (Phi) is 7.61. The number of rotatable bonds is 6. The van der Waals surface area contributed by atoms with Gasteiger partial charge in [-0.25, -0.2) is 0 Å². The van der Waals surface area contributed by atoms with Gasteiger partial charge in [-0.05, 0) is 44.0 Å². The fourth-order valence-electron chi connectivity index (χ4n) is 3.59. The minimum atomic E-state index is -0.520. The van der Waals surface area contributed by atoms with Crippen molar-refractivity contribution in [3.05, 3.63) is 63.0 Å². The lowest BCUT2D eigenvalue weighted by Crippen LogP contribution is -2.50. The fraction of sp³-hybridized carbons (Fsp3) is 0.458. The molecule has 2 aromatic rings. The standard InChI is InChI=1S/C24H31ClN4O3/c1-16(2)13-26-23(31)20-14-29(17(3)4)15-21(22(20)30)24(32)28-11-9-27(10-12-28)19-7-5-18(25)6-8-19/h5-8,14-17H,9-13H2,1-4H3,(H,26,31). The van der Waals surface area contributed by atoms with Gasteiger partial charge < -0.3 is 19.7 Å². The van der Waals surface area contributed by atoms with Crippen molar-refractivity contribution in [3.63, 3.8) is 0 Å². The van der Waals surface area contributed by atoms with Crippen molar-refractivity contribution in [3.8, 4) is 0 Å². The van der Waals surface area contributed by atoms with Crippen LogP contribution in [0.15, 0.2) is 41.5 Å². The number of carbonyl (C=O) groups excluding carboxylic acids is 2. The lowest BCUT2D eigenvalue weighted by atomic mass is 10.1. The van der Waals surface area contributed by atoms with Gasteiger partial charge in [0.05, 0.1) is 0 Å². The van der Waals surface area contributed by atoms with E-state index in [2.05, 4.69) is 10.2 Å². The highest BCUT2D eigenvalue weighted by atomic mass is 35.5. The minimum absolute atomic E-state index is 0.000510. The van der Waals surface area contributed by atoms with Crippen LogP contribution < -0.4 is 15.6 Å². The zero-order valence-corrected chi connectivity index (χ0v) is 19.9. The Morgan fingerprint density at radius 3 is 2.12 bits per heavy atom. The molecule has 0 unspecified atom stereocenters. The Labute approximate surface area is 194 Å². The van der Waals surface area contributed by atoms with Crippen LogP contribution in [-0.4, -0.2) is 54.0 Å². The van der Waals surface area contributed by atoms with Crippen molar-refractivity contribution in [2.45, 2.75) is 33.7 Å². The molecule has 7 nitrogen and oxygen atoms in total. The van der Waals surface area contributed by atoms with Crippen molar-refractivity contribution in [1.82, 2.24) is 14.8 Å². The largest absolute Gasteiger partial charge is 0.368 e. The molecule has 1 N–H and O–H groups in total. The average Bonchev–Trinajstić information content (AvgIpc) is 2.77. The van der Waals surface area contributed by atoms with E-state index < -0.39 is 11.3 Å². The maximum absolute atomic E-state index is 13.3. The number of piperazine rings is 1. The lowest BCUT2D eigenvalue weighted by molar-refractivity contribution is 0.0744. The first kappa shape index (κ1) is 23.9. The topological polar surface area (TPSA) is 74.7 Å². The summed E-state index contributed by atoms with van der Waals surface area (Å²) in [6.07, 6.45) is 3.11. The van der Waals surface area contributed by atoms with Crippen LogP contribution in [0.2, 0.25) is 5.02 Å². The van der Waals surface area contributed by atoms with Gasteiger partial charge in [0.15, 0.2) is 0 Å². The number of halogens is 1. The maximum Gasteiger partial charge on any atom is 0.259 e. The molecule has 0 spiro atoms. The lowest BCUT2D eigenvalue weighted by Gasteiger charge is -2.36. The van der Waals surface area contributed by atoms with Crippen LogP contribution in [0.5, 0.6) is 0 Å². The predicted octanol–water partition coefficient (Wildman–Crippen LogP) is 3.43. The quantitative estimate of drug-likeness (QED) is 0.719. The third-order valence-corrected chi connectivity index (χ3v) is 5.80. The van der Waals surface area contributed by atoms with E-state index in [0.29, 0.717) is 37.7 Å². The van der Waals surface area contributed by atoms with Crippen molar-refractivity contribution in [2.75, 3.05) is 37.6 Å². The van der Waals surface area contributed by atoms with Crippen LogP contribution in [0.25, 0.3) is 0 Å². The summed E-state index contributed by atoms with van der Waals surface area (Å²) in [5.41, 5.74) is 0.571. The number of carbonyl (C=O) groups is 2. The molecule has 1 saturated heterocycles. The zero-order chi connectivity index (χ0) is 23.4. The van der Waals surface area contributed by atoms with Gasteiger partial charge in [-0.2, -0.15) is 0 Å². The van der Waals surface area contributed by atoms with E-state index in [0.717, 1.165) is 5.69 Å². The second kappa shape index (κ2) is 10.2. The molecule has 1 aromatic heterocycles. The number of anilines is 1. The van der Waals surface area contributed by atoms with Crippen LogP contribution in [0.1, 0.15) is 54.5 Å². The van der Waals surface area contributed by atoms with Gasteiger partial charge in [0.1, 0.15) is 11.1 Å². The molecule has 1 aliphatic rings. The molecule has 8 heteroatoms. The van der Waals surface area contributed by atoms with E-state index in [1.165, 1.54) is 6.20 Å². The average molecular weight is 459 g/mol. The number of nitrogens with one attached hydrogen (secondary N) is 1. The number of hydrogen-bond acceptors (Lipinski definition) is 4. The Hall–Kier alpha value is -2.80. The van der Waals surface area contributed by atoms with Gasteiger partial charge in [-0.1, -0.05) is 25.4 Å². The van der Waals surface area contributed by atoms with E-state index in [4.69, 9.17) is 11.6 Å². The Morgan fingerprint density at radius 1 is 0.969 bits per heavy atom. The van der Waals surface area contributed by atoms with Crippen molar-refractivity contribution in [2.24, 2.45) is 5.92 Å². The molecule has 1 aromatic carbocycles. The van der Waals surface area contributed by atoms with Gasteiger partial charge in [-0.3, -0.25) is 14.4 Å². The van der Waals surface area contributed by atoms with E-state index in [9.17, 15) is 14.4 Å². The van der Waals surface area contributed by atoms with E-state index >= 15 is 0 Å². The summed E-state index contributed by atoms with van der Waals surface area (Å²) in [5.74, 6) is -0.521. The first-order chi connectivity index (χ1) is 15.2. The van der Waals surface area contributed by atoms with Gasteiger partial charge >= 0.3 is 0 Å². The number of nitrogens with zero attached hydrogens (tertiary/aromatic N) is 3. The van der Waals surface area contributed by atoms with Crippen molar-refractivity contribution < 1.29 is 9.59 Å². The SMILES string of the molecule is CC(C)CNC(=O)c1cn(C(C)C)cc(C(=O)N2CCN(c3ccc(Cl)cc3)CC2)c1=O.